The first kappa shape index (κ1) is 14.9. The van der Waals surface area contributed by atoms with Crippen LogP contribution in [0.2, 0.25) is 0 Å². The van der Waals surface area contributed by atoms with E-state index in [0.29, 0.717) is 12.1 Å². The van der Waals surface area contributed by atoms with Gasteiger partial charge in [0, 0.05) is 35.1 Å². The maximum Gasteiger partial charge on any atom is 0.258 e. The van der Waals surface area contributed by atoms with Crippen LogP contribution in [0.1, 0.15) is 11.1 Å². The molecule has 1 aromatic carbocycles. The molecule has 3 aromatic rings. The highest BCUT2D eigenvalue weighted by Crippen LogP contribution is 2.37. The zero-order chi connectivity index (χ0) is 16.7. The van der Waals surface area contributed by atoms with Crippen LogP contribution < -0.4 is 4.72 Å². The molecule has 0 unspecified atom stereocenters. The molecule has 0 spiro atoms. The van der Waals surface area contributed by atoms with Gasteiger partial charge < -0.3 is 0 Å². The summed E-state index contributed by atoms with van der Waals surface area (Å²) in [6, 6.07) is 9.28. The Balaban J connectivity index is 2.14. The Labute approximate surface area is 139 Å². The molecule has 0 bridgehead atoms. The van der Waals surface area contributed by atoms with Gasteiger partial charge >= 0.3 is 0 Å². The normalized spacial score (nSPS) is 13.4. The molecule has 0 saturated heterocycles. The van der Waals surface area contributed by atoms with E-state index in [1.54, 1.807) is 24.5 Å². The third kappa shape index (κ3) is 2.21. The molecule has 120 valence electrons. The van der Waals surface area contributed by atoms with Gasteiger partial charge in [-0.05, 0) is 42.4 Å². The number of fused-ring (bicyclic) bond motifs is 2. The number of nitrogens with one attached hydrogen (secondary N) is 1. The van der Waals surface area contributed by atoms with E-state index >= 15 is 0 Å². The predicted molar refractivity (Wildman–Crippen MR) is 92.5 cm³/mol. The molecule has 1 aliphatic heterocycles. The smallest absolute Gasteiger partial charge is 0.258 e. The first-order valence-corrected chi connectivity index (χ1v) is 8.89. The van der Waals surface area contributed by atoms with Crippen molar-refractivity contribution in [3.63, 3.8) is 0 Å². The van der Waals surface area contributed by atoms with Crippen LogP contribution in [-0.2, 0) is 16.6 Å². The van der Waals surface area contributed by atoms with Crippen molar-refractivity contribution < 1.29 is 8.42 Å². The quantitative estimate of drug-likeness (QED) is 0.793. The highest BCUT2D eigenvalue weighted by atomic mass is 32.2. The minimum Gasteiger partial charge on any atom is -0.288 e. The van der Waals surface area contributed by atoms with Crippen molar-refractivity contribution in [2.75, 3.05) is 7.05 Å². The van der Waals surface area contributed by atoms with Crippen molar-refractivity contribution >= 4 is 27.1 Å². The fraction of sp³-hybridized carbons (Fsp3) is 0.118. The Bertz CT molecular complexity index is 1090. The fourth-order valence-corrected chi connectivity index (χ4v) is 3.86. The summed E-state index contributed by atoms with van der Waals surface area (Å²) in [6.07, 6.45) is 5.00. The fourth-order valence-electron chi connectivity index (χ4n) is 3.01. The number of rotatable bonds is 3. The van der Waals surface area contributed by atoms with Gasteiger partial charge in [-0.15, -0.1) is 0 Å². The number of benzene rings is 1. The molecule has 0 aliphatic carbocycles. The first-order chi connectivity index (χ1) is 11.6. The number of hydrogen-bond donors (Lipinski definition) is 1. The van der Waals surface area contributed by atoms with Crippen molar-refractivity contribution in [1.29, 1.82) is 0 Å². The molecule has 3 heterocycles. The van der Waals surface area contributed by atoms with Crippen molar-refractivity contribution in [1.82, 2.24) is 14.7 Å². The highest BCUT2D eigenvalue weighted by molar-refractivity contribution is 7.89. The van der Waals surface area contributed by atoms with Crippen LogP contribution in [0, 0.1) is 0 Å². The summed E-state index contributed by atoms with van der Waals surface area (Å²) in [6.45, 7) is 0.517. The maximum atomic E-state index is 12.4. The summed E-state index contributed by atoms with van der Waals surface area (Å²) in [5.41, 5.74) is 4.15. The first-order valence-electron chi connectivity index (χ1n) is 7.41. The molecule has 0 radical (unpaired) electrons. The van der Waals surface area contributed by atoms with E-state index in [0.717, 1.165) is 27.6 Å². The van der Waals surface area contributed by atoms with Gasteiger partial charge in [0.1, 0.15) is 0 Å². The molecule has 0 fully saturated rings. The molecule has 2 aromatic heterocycles. The average Bonchev–Trinajstić information content (AvgIpc) is 3.07. The van der Waals surface area contributed by atoms with Crippen molar-refractivity contribution in [3.8, 4) is 11.1 Å². The minimum absolute atomic E-state index is 0.0120. The summed E-state index contributed by atoms with van der Waals surface area (Å²) in [5.74, 6) is 0. The molecule has 0 atom stereocenters. The van der Waals surface area contributed by atoms with E-state index in [1.165, 1.54) is 13.2 Å². The number of aromatic nitrogens is 2. The number of sulfonamides is 1. The Morgan fingerprint density at radius 3 is 2.75 bits per heavy atom. The van der Waals surface area contributed by atoms with Gasteiger partial charge in [-0.1, -0.05) is 6.07 Å². The van der Waals surface area contributed by atoms with Crippen LogP contribution >= 0.6 is 0 Å². The molecule has 4 rings (SSSR count). The monoisotopic (exact) mass is 338 g/mol. The molecule has 1 N–H and O–H groups in total. The SMILES string of the molecule is CNS(=O)(=O)c1ncccc1-c1c2c(cc3ncccc13)C=NC2. The van der Waals surface area contributed by atoms with E-state index in [1.807, 2.05) is 18.2 Å². The van der Waals surface area contributed by atoms with E-state index < -0.39 is 10.0 Å². The summed E-state index contributed by atoms with van der Waals surface area (Å²) < 4.78 is 27.2. The lowest BCUT2D eigenvalue weighted by Gasteiger charge is -2.15. The number of nitrogens with zero attached hydrogens (tertiary/aromatic N) is 3. The van der Waals surface area contributed by atoms with Crippen LogP contribution in [0.3, 0.4) is 0 Å². The number of hydrogen-bond acceptors (Lipinski definition) is 5. The van der Waals surface area contributed by atoms with Crippen molar-refractivity contribution in [2.45, 2.75) is 11.6 Å². The number of aliphatic imine (C=N–C) groups is 1. The van der Waals surface area contributed by atoms with Crippen LogP contribution in [0.15, 0.2) is 52.7 Å². The van der Waals surface area contributed by atoms with Gasteiger partial charge in [-0.2, -0.15) is 0 Å². The Morgan fingerprint density at radius 1 is 1.12 bits per heavy atom. The second kappa shape index (κ2) is 5.47. The largest absolute Gasteiger partial charge is 0.288 e. The molecule has 7 heteroatoms. The van der Waals surface area contributed by atoms with Crippen LogP contribution in [0.25, 0.3) is 22.0 Å². The lowest BCUT2D eigenvalue weighted by atomic mass is 9.93. The van der Waals surface area contributed by atoms with Gasteiger partial charge in [0.2, 0.25) is 0 Å². The predicted octanol–water partition coefficient (Wildman–Crippen LogP) is 2.14. The minimum atomic E-state index is -3.69. The van der Waals surface area contributed by atoms with E-state index in [2.05, 4.69) is 19.7 Å². The molecule has 24 heavy (non-hydrogen) atoms. The Morgan fingerprint density at radius 2 is 1.92 bits per heavy atom. The molecular weight excluding hydrogens is 324 g/mol. The molecule has 1 aliphatic rings. The maximum absolute atomic E-state index is 12.4. The van der Waals surface area contributed by atoms with Gasteiger partial charge in [0.15, 0.2) is 5.03 Å². The van der Waals surface area contributed by atoms with Gasteiger partial charge in [-0.25, -0.2) is 18.1 Å². The van der Waals surface area contributed by atoms with Gasteiger partial charge in [0.05, 0.1) is 12.1 Å². The van der Waals surface area contributed by atoms with Crippen molar-refractivity contribution in [3.05, 3.63) is 53.9 Å². The van der Waals surface area contributed by atoms with E-state index in [9.17, 15) is 8.42 Å². The molecule has 0 amide bonds. The lowest BCUT2D eigenvalue weighted by Crippen LogP contribution is -2.20. The van der Waals surface area contributed by atoms with Crippen molar-refractivity contribution in [2.24, 2.45) is 4.99 Å². The summed E-state index contributed by atoms with van der Waals surface area (Å²) in [5, 5.41) is 0.903. The summed E-state index contributed by atoms with van der Waals surface area (Å²) >= 11 is 0. The van der Waals surface area contributed by atoms with Crippen LogP contribution in [0.5, 0.6) is 0 Å². The van der Waals surface area contributed by atoms with E-state index in [4.69, 9.17) is 0 Å². The number of pyridine rings is 2. The second-order valence-corrected chi connectivity index (χ2v) is 7.22. The molecular formula is C17H14N4O2S. The zero-order valence-electron chi connectivity index (χ0n) is 12.9. The topological polar surface area (TPSA) is 84.3 Å². The Hall–Kier alpha value is -2.64. The zero-order valence-corrected chi connectivity index (χ0v) is 13.7. The third-order valence-corrected chi connectivity index (χ3v) is 5.47. The highest BCUT2D eigenvalue weighted by Gasteiger charge is 2.24. The standard InChI is InChI=1S/C17H14N4O2S/c1-18-24(22,23)17-13(5-3-7-21-17)16-12-4-2-6-20-15(12)8-11-9-19-10-14(11)16/h2-9,18H,10H2,1H3. The van der Waals surface area contributed by atoms with Gasteiger partial charge in [-0.3, -0.25) is 9.98 Å². The average molecular weight is 338 g/mol. The third-order valence-electron chi connectivity index (χ3n) is 4.09. The molecule has 0 saturated carbocycles. The van der Waals surface area contributed by atoms with Crippen LogP contribution in [-0.4, -0.2) is 31.6 Å². The Kier molecular flexibility index (Phi) is 3.40. The lowest BCUT2D eigenvalue weighted by molar-refractivity contribution is 0.585. The summed E-state index contributed by atoms with van der Waals surface area (Å²) in [4.78, 5) is 12.9. The van der Waals surface area contributed by atoms with Gasteiger partial charge in [0.25, 0.3) is 10.0 Å². The van der Waals surface area contributed by atoms with E-state index in [-0.39, 0.29) is 5.03 Å². The van der Waals surface area contributed by atoms with Crippen LogP contribution in [0.4, 0.5) is 0 Å². The second-order valence-electron chi connectivity index (χ2n) is 5.42. The molecule has 6 nitrogen and oxygen atoms in total. The summed E-state index contributed by atoms with van der Waals surface area (Å²) in [7, 11) is -2.30.